The van der Waals surface area contributed by atoms with E-state index in [9.17, 15) is 14.9 Å². The smallest absolute Gasteiger partial charge is 0.269 e. The first-order valence-electron chi connectivity index (χ1n) is 5.73. The summed E-state index contributed by atoms with van der Waals surface area (Å²) < 4.78 is 0. The number of non-ortho nitro benzene ring substituents is 1. The molecule has 6 nitrogen and oxygen atoms in total. The third kappa shape index (κ3) is 3.84. The number of hydrogen-bond donors (Lipinski definition) is 2. The lowest BCUT2D eigenvalue weighted by Crippen LogP contribution is -2.29. The molecule has 8 heteroatoms. The monoisotopic (exact) mass is 325 g/mol. The summed E-state index contributed by atoms with van der Waals surface area (Å²) in [7, 11) is 0. The maximum absolute atomic E-state index is 11.9. The van der Waals surface area contributed by atoms with Crippen molar-refractivity contribution in [3.05, 3.63) is 68.2 Å². The number of carbonyl (C=O) groups excluding carboxylic acids is 1. The minimum atomic E-state index is -0.534. The maximum Gasteiger partial charge on any atom is 0.269 e. The Balaban J connectivity index is 2.02. The van der Waals surface area contributed by atoms with Crippen molar-refractivity contribution in [1.82, 2.24) is 5.43 Å². The van der Waals surface area contributed by atoms with Crippen LogP contribution >= 0.6 is 23.2 Å². The second kappa shape index (κ2) is 6.43. The molecule has 21 heavy (non-hydrogen) atoms. The SMILES string of the molecule is O=C(NNc1ccc(Cl)cc1Cl)c1ccc([N+](=O)[O-])cc1. The van der Waals surface area contributed by atoms with Crippen LogP contribution in [0.4, 0.5) is 11.4 Å². The number of anilines is 1. The second-order valence-corrected chi connectivity index (χ2v) is 4.85. The van der Waals surface area contributed by atoms with E-state index >= 15 is 0 Å². The molecule has 0 aliphatic rings. The summed E-state index contributed by atoms with van der Waals surface area (Å²) in [6, 6.07) is 9.99. The Bertz CT molecular complexity index is 690. The third-order valence-corrected chi connectivity index (χ3v) is 3.13. The Hall–Kier alpha value is -2.31. The van der Waals surface area contributed by atoms with Gasteiger partial charge < -0.3 is 0 Å². The van der Waals surface area contributed by atoms with E-state index in [4.69, 9.17) is 23.2 Å². The standard InChI is InChI=1S/C13H9Cl2N3O3/c14-9-3-6-12(11(15)7-9)16-17-13(19)8-1-4-10(5-2-8)18(20)21/h1-7,16H,(H,17,19). The number of benzene rings is 2. The summed E-state index contributed by atoms with van der Waals surface area (Å²) in [6.45, 7) is 0. The molecule has 0 atom stereocenters. The van der Waals surface area contributed by atoms with Gasteiger partial charge >= 0.3 is 0 Å². The van der Waals surface area contributed by atoms with Crippen molar-refractivity contribution in [2.45, 2.75) is 0 Å². The minimum absolute atomic E-state index is 0.0831. The van der Waals surface area contributed by atoms with Crippen molar-refractivity contribution in [3.8, 4) is 0 Å². The Morgan fingerprint density at radius 2 is 1.76 bits per heavy atom. The molecule has 2 aromatic rings. The van der Waals surface area contributed by atoms with Crippen LogP contribution in [-0.4, -0.2) is 10.8 Å². The number of nitro groups is 1. The Labute approximate surface area is 129 Å². The summed E-state index contributed by atoms with van der Waals surface area (Å²) in [5.74, 6) is -0.448. The van der Waals surface area contributed by atoms with Crippen molar-refractivity contribution < 1.29 is 9.72 Å². The van der Waals surface area contributed by atoms with Crippen LogP contribution in [0.15, 0.2) is 42.5 Å². The van der Waals surface area contributed by atoms with Gasteiger partial charge in [-0.1, -0.05) is 23.2 Å². The molecule has 0 radical (unpaired) electrons. The first-order chi connectivity index (χ1) is 9.97. The molecule has 2 rings (SSSR count). The number of nitrogens with one attached hydrogen (secondary N) is 2. The fraction of sp³-hybridized carbons (Fsp3) is 0. The predicted molar refractivity (Wildman–Crippen MR) is 80.6 cm³/mol. The topological polar surface area (TPSA) is 84.3 Å². The molecule has 2 N–H and O–H groups in total. The van der Waals surface area contributed by atoms with E-state index in [2.05, 4.69) is 10.9 Å². The van der Waals surface area contributed by atoms with Crippen LogP contribution in [-0.2, 0) is 0 Å². The van der Waals surface area contributed by atoms with Gasteiger partial charge in [0.1, 0.15) is 0 Å². The quantitative estimate of drug-likeness (QED) is 0.663. The van der Waals surface area contributed by atoms with E-state index in [1.807, 2.05) is 0 Å². The highest BCUT2D eigenvalue weighted by Crippen LogP contribution is 2.24. The second-order valence-electron chi connectivity index (χ2n) is 4.01. The average molecular weight is 326 g/mol. The van der Waals surface area contributed by atoms with E-state index in [1.54, 1.807) is 12.1 Å². The van der Waals surface area contributed by atoms with Gasteiger partial charge in [-0.15, -0.1) is 0 Å². The molecule has 0 aliphatic heterocycles. The summed E-state index contributed by atoms with van der Waals surface area (Å²) in [5.41, 5.74) is 5.77. The number of hydrazine groups is 1. The van der Waals surface area contributed by atoms with Gasteiger partial charge in [0.15, 0.2) is 0 Å². The number of nitro benzene ring substituents is 1. The first kappa shape index (κ1) is 15.1. The minimum Gasteiger partial charge on any atom is -0.297 e. The highest BCUT2D eigenvalue weighted by atomic mass is 35.5. The van der Waals surface area contributed by atoms with Gasteiger partial charge in [0, 0.05) is 22.7 Å². The van der Waals surface area contributed by atoms with Gasteiger partial charge in [-0.2, -0.15) is 0 Å². The summed E-state index contributed by atoms with van der Waals surface area (Å²) in [6.07, 6.45) is 0. The van der Waals surface area contributed by atoms with Crippen LogP contribution in [0.1, 0.15) is 10.4 Å². The molecule has 0 saturated heterocycles. The van der Waals surface area contributed by atoms with Gasteiger partial charge in [0.2, 0.25) is 0 Å². The molecular formula is C13H9Cl2N3O3. The number of hydrogen-bond acceptors (Lipinski definition) is 4. The van der Waals surface area contributed by atoms with Crippen molar-refractivity contribution >= 4 is 40.5 Å². The molecule has 0 aromatic heterocycles. The lowest BCUT2D eigenvalue weighted by atomic mass is 10.2. The number of carbonyl (C=O) groups is 1. The van der Waals surface area contributed by atoms with Gasteiger partial charge in [-0.25, -0.2) is 0 Å². The van der Waals surface area contributed by atoms with E-state index in [1.165, 1.54) is 30.3 Å². The number of nitrogens with zero attached hydrogens (tertiary/aromatic N) is 1. The fourth-order valence-corrected chi connectivity index (χ4v) is 1.98. The zero-order valence-corrected chi connectivity index (χ0v) is 12.0. The average Bonchev–Trinajstić information content (AvgIpc) is 2.46. The largest absolute Gasteiger partial charge is 0.297 e. The Morgan fingerprint density at radius 3 is 2.33 bits per heavy atom. The number of rotatable bonds is 4. The summed E-state index contributed by atoms with van der Waals surface area (Å²) >= 11 is 11.7. The molecule has 2 aromatic carbocycles. The predicted octanol–water partition coefficient (Wildman–Crippen LogP) is 3.66. The van der Waals surface area contributed by atoms with E-state index in [0.29, 0.717) is 15.7 Å². The molecule has 1 amide bonds. The maximum atomic E-state index is 11.9. The van der Waals surface area contributed by atoms with Gasteiger partial charge in [-0.3, -0.25) is 25.8 Å². The normalized spacial score (nSPS) is 10.0. The van der Waals surface area contributed by atoms with Crippen molar-refractivity contribution in [1.29, 1.82) is 0 Å². The van der Waals surface area contributed by atoms with Crippen LogP contribution in [0, 0.1) is 10.1 Å². The number of amides is 1. The molecule has 0 unspecified atom stereocenters. The molecule has 0 saturated carbocycles. The Morgan fingerprint density at radius 1 is 1.10 bits per heavy atom. The molecule has 0 bridgehead atoms. The van der Waals surface area contributed by atoms with E-state index < -0.39 is 10.8 Å². The summed E-state index contributed by atoms with van der Waals surface area (Å²) in [5, 5.41) is 11.4. The van der Waals surface area contributed by atoms with Crippen LogP contribution in [0.25, 0.3) is 0 Å². The molecule has 0 spiro atoms. The molecule has 0 aliphatic carbocycles. The van der Waals surface area contributed by atoms with Crippen molar-refractivity contribution in [2.24, 2.45) is 0 Å². The molecule has 0 heterocycles. The van der Waals surface area contributed by atoms with Crippen LogP contribution in [0.2, 0.25) is 10.0 Å². The fourth-order valence-electron chi connectivity index (χ4n) is 1.52. The van der Waals surface area contributed by atoms with Crippen molar-refractivity contribution in [3.63, 3.8) is 0 Å². The van der Waals surface area contributed by atoms with Gasteiger partial charge in [0.05, 0.1) is 15.6 Å². The Kier molecular flexibility index (Phi) is 4.62. The lowest BCUT2D eigenvalue weighted by Gasteiger charge is -2.10. The van der Waals surface area contributed by atoms with Crippen LogP contribution < -0.4 is 10.9 Å². The first-order valence-corrected chi connectivity index (χ1v) is 6.49. The highest BCUT2D eigenvalue weighted by Gasteiger charge is 2.09. The zero-order chi connectivity index (χ0) is 15.4. The number of halogens is 2. The molecule has 108 valence electrons. The zero-order valence-electron chi connectivity index (χ0n) is 10.5. The van der Waals surface area contributed by atoms with Gasteiger partial charge in [-0.05, 0) is 30.3 Å². The summed E-state index contributed by atoms with van der Waals surface area (Å²) in [4.78, 5) is 21.9. The van der Waals surface area contributed by atoms with Crippen LogP contribution in [0.3, 0.4) is 0 Å². The third-order valence-electron chi connectivity index (χ3n) is 2.58. The highest BCUT2D eigenvalue weighted by molar-refractivity contribution is 6.36. The lowest BCUT2D eigenvalue weighted by molar-refractivity contribution is -0.384. The van der Waals surface area contributed by atoms with Gasteiger partial charge in [0.25, 0.3) is 11.6 Å². The molecule has 0 fully saturated rings. The van der Waals surface area contributed by atoms with E-state index in [-0.39, 0.29) is 11.3 Å². The van der Waals surface area contributed by atoms with E-state index in [0.717, 1.165) is 0 Å². The van der Waals surface area contributed by atoms with Crippen LogP contribution in [0.5, 0.6) is 0 Å². The molecular weight excluding hydrogens is 317 g/mol. The van der Waals surface area contributed by atoms with Crippen molar-refractivity contribution in [2.75, 3.05) is 5.43 Å².